The molecule has 0 rings (SSSR count). The zero-order valence-corrected chi connectivity index (χ0v) is 6.87. The lowest BCUT2D eigenvalue weighted by molar-refractivity contribution is 0.141. The minimum atomic E-state index is 0.0358. The molecule has 0 aliphatic heterocycles. The van der Waals surface area contributed by atoms with Gasteiger partial charge in [-0.1, -0.05) is 12.8 Å². The highest BCUT2D eigenvalue weighted by molar-refractivity contribution is 4.55. The van der Waals surface area contributed by atoms with Crippen LogP contribution in [-0.4, -0.2) is 35.1 Å². The molecule has 3 N–H and O–H groups in total. The Labute approximate surface area is 67.7 Å². The fraction of sp³-hybridized carbons (Fsp3) is 1.00. The Balaban J connectivity index is 3.07. The van der Waals surface area contributed by atoms with Gasteiger partial charge < -0.3 is 15.3 Å². The molecular formula is C8H18O3. The molecule has 3 nitrogen and oxygen atoms in total. The number of rotatable bonds is 7. The Bertz CT molecular complexity index is 71.7. The monoisotopic (exact) mass is 162 g/mol. The molecule has 0 unspecified atom stereocenters. The number of aliphatic hydroxyl groups excluding tert-OH is 3. The van der Waals surface area contributed by atoms with Crippen molar-refractivity contribution in [2.45, 2.75) is 25.7 Å². The number of hydrogen-bond acceptors (Lipinski definition) is 3. The second-order valence-electron chi connectivity index (χ2n) is 2.80. The summed E-state index contributed by atoms with van der Waals surface area (Å²) in [5.74, 6) is 0.0358. The van der Waals surface area contributed by atoms with Crippen LogP contribution in [0.4, 0.5) is 0 Å². The van der Waals surface area contributed by atoms with E-state index in [1.54, 1.807) is 0 Å². The van der Waals surface area contributed by atoms with Gasteiger partial charge in [-0.2, -0.15) is 0 Å². The summed E-state index contributed by atoms with van der Waals surface area (Å²) in [6, 6.07) is 0. The third kappa shape index (κ3) is 6.28. The Morgan fingerprint density at radius 2 is 1.45 bits per heavy atom. The molecule has 0 aromatic carbocycles. The lowest BCUT2D eigenvalue weighted by Crippen LogP contribution is -2.10. The maximum atomic E-state index is 8.67. The van der Waals surface area contributed by atoms with Crippen LogP contribution in [0.1, 0.15) is 25.7 Å². The third-order valence-corrected chi connectivity index (χ3v) is 1.79. The average molecular weight is 162 g/mol. The SMILES string of the molecule is OCCCCCC(CO)CO. The van der Waals surface area contributed by atoms with E-state index < -0.39 is 0 Å². The Morgan fingerprint density at radius 1 is 0.818 bits per heavy atom. The summed E-state index contributed by atoms with van der Waals surface area (Å²) in [7, 11) is 0. The number of hydrogen-bond donors (Lipinski definition) is 3. The maximum absolute atomic E-state index is 8.67. The van der Waals surface area contributed by atoms with Crippen molar-refractivity contribution in [2.75, 3.05) is 19.8 Å². The summed E-state index contributed by atoms with van der Waals surface area (Å²) < 4.78 is 0. The van der Waals surface area contributed by atoms with E-state index in [-0.39, 0.29) is 25.7 Å². The smallest absolute Gasteiger partial charge is 0.0481 e. The van der Waals surface area contributed by atoms with Crippen LogP contribution in [0.5, 0.6) is 0 Å². The van der Waals surface area contributed by atoms with Crippen LogP contribution in [-0.2, 0) is 0 Å². The van der Waals surface area contributed by atoms with Gasteiger partial charge in [0.05, 0.1) is 0 Å². The molecule has 0 saturated carbocycles. The summed E-state index contributed by atoms with van der Waals surface area (Å²) in [5, 5.41) is 25.8. The lowest BCUT2D eigenvalue weighted by Gasteiger charge is -2.09. The molecule has 0 heterocycles. The summed E-state index contributed by atoms with van der Waals surface area (Å²) >= 11 is 0. The fourth-order valence-corrected chi connectivity index (χ4v) is 0.962. The van der Waals surface area contributed by atoms with E-state index in [1.165, 1.54) is 0 Å². The molecule has 0 aliphatic rings. The quantitative estimate of drug-likeness (QED) is 0.467. The van der Waals surface area contributed by atoms with E-state index in [0.29, 0.717) is 0 Å². The highest BCUT2D eigenvalue weighted by Gasteiger charge is 2.03. The average Bonchev–Trinajstić information content (AvgIpc) is 2.05. The minimum absolute atomic E-state index is 0.0358. The largest absolute Gasteiger partial charge is 0.396 e. The molecule has 0 aromatic heterocycles. The van der Waals surface area contributed by atoms with Gasteiger partial charge in [0, 0.05) is 25.7 Å². The maximum Gasteiger partial charge on any atom is 0.0481 e. The zero-order chi connectivity index (χ0) is 8.53. The molecule has 68 valence electrons. The van der Waals surface area contributed by atoms with Gasteiger partial charge in [-0.15, -0.1) is 0 Å². The first-order valence-corrected chi connectivity index (χ1v) is 4.17. The highest BCUT2D eigenvalue weighted by atomic mass is 16.3. The third-order valence-electron chi connectivity index (χ3n) is 1.79. The van der Waals surface area contributed by atoms with Crippen LogP contribution in [0.15, 0.2) is 0 Å². The van der Waals surface area contributed by atoms with Gasteiger partial charge in [-0.25, -0.2) is 0 Å². The van der Waals surface area contributed by atoms with Crippen LogP contribution in [0.3, 0.4) is 0 Å². The number of aliphatic hydroxyl groups is 3. The first-order valence-electron chi connectivity index (χ1n) is 4.17. The van der Waals surface area contributed by atoms with E-state index in [9.17, 15) is 0 Å². The van der Waals surface area contributed by atoms with Crippen molar-refractivity contribution in [3.63, 3.8) is 0 Å². The van der Waals surface area contributed by atoms with E-state index in [0.717, 1.165) is 25.7 Å². The Hall–Kier alpha value is -0.120. The van der Waals surface area contributed by atoms with Crippen molar-refractivity contribution in [3.8, 4) is 0 Å². The van der Waals surface area contributed by atoms with Crippen LogP contribution in [0.25, 0.3) is 0 Å². The van der Waals surface area contributed by atoms with Gasteiger partial charge in [0.2, 0.25) is 0 Å². The van der Waals surface area contributed by atoms with Crippen LogP contribution < -0.4 is 0 Å². The fourth-order valence-electron chi connectivity index (χ4n) is 0.962. The van der Waals surface area contributed by atoms with Crippen molar-refractivity contribution in [2.24, 2.45) is 5.92 Å². The van der Waals surface area contributed by atoms with Gasteiger partial charge in [0.15, 0.2) is 0 Å². The van der Waals surface area contributed by atoms with E-state index >= 15 is 0 Å². The second-order valence-corrected chi connectivity index (χ2v) is 2.80. The van der Waals surface area contributed by atoms with Gasteiger partial charge in [0.1, 0.15) is 0 Å². The van der Waals surface area contributed by atoms with Crippen molar-refractivity contribution in [1.82, 2.24) is 0 Å². The summed E-state index contributed by atoms with van der Waals surface area (Å²) in [5.41, 5.74) is 0. The Kier molecular flexibility index (Phi) is 7.89. The molecule has 0 spiro atoms. The molecule has 0 aromatic rings. The van der Waals surface area contributed by atoms with E-state index in [2.05, 4.69) is 0 Å². The van der Waals surface area contributed by atoms with Crippen LogP contribution >= 0.6 is 0 Å². The lowest BCUT2D eigenvalue weighted by atomic mass is 10.0. The standard InChI is InChI=1S/C8H18O3/c9-5-3-1-2-4-8(6-10)7-11/h8-11H,1-7H2. The Morgan fingerprint density at radius 3 is 1.91 bits per heavy atom. The van der Waals surface area contributed by atoms with Gasteiger partial charge in [0.25, 0.3) is 0 Å². The zero-order valence-electron chi connectivity index (χ0n) is 6.87. The van der Waals surface area contributed by atoms with Gasteiger partial charge in [-0.3, -0.25) is 0 Å². The molecule has 0 aliphatic carbocycles. The second kappa shape index (κ2) is 7.98. The normalized spacial score (nSPS) is 10.9. The first kappa shape index (κ1) is 10.9. The van der Waals surface area contributed by atoms with E-state index in [1.807, 2.05) is 0 Å². The van der Waals surface area contributed by atoms with Gasteiger partial charge in [-0.05, 0) is 12.8 Å². The van der Waals surface area contributed by atoms with Crippen LogP contribution in [0.2, 0.25) is 0 Å². The molecular weight excluding hydrogens is 144 g/mol. The van der Waals surface area contributed by atoms with Crippen molar-refractivity contribution < 1.29 is 15.3 Å². The molecule has 3 heteroatoms. The van der Waals surface area contributed by atoms with Crippen molar-refractivity contribution >= 4 is 0 Å². The topological polar surface area (TPSA) is 60.7 Å². The molecule has 0 bridgehead atoms. The molecule has 0 radical (unpaired) electrons. The van der Waals surface area contributed by atoms with Gasteiger partial charge >= 0.3 is 0 Å². The predicted molar refractivity (Wildman–Crippen MR) is 43.2 cm³/mol. The summed E-state index contributed by atoms with van der Waals surface area (Å²) in [4.78, 5) is 0. The molecule has 0 saturated heterocycles. The molecule has 0 fully saturated rings. The first-order chi connectivity index (χ1) is 5.35. The summed E-state index contributed by atoms with van der Waals surface area (Å²) in [6.07, 6.45) is 3.63. The number of unbranched alkanes of at least 4 members (excludes halogenated alkanes) is 2. The summed E-state index contributed by atoms with van der Waals surface area (Å²) in [6.45, 7) is 0.369. The van der Waals surface area contributed by atoms with Crippen molar-refractivity contribution in [1.29, 1.82) is 0 Å². The molecule has 11 heavy (non-hydrogen) atoms. The predicted octanol–water partition coefficient (Wildman–Crippen LogP) is 0.140. The minimum Gasteiger partial charge on any atom is -0.396 e. The van der Waals surface area contributed by atoms with E-state index in [4.69, 9.17) is 15.3 Å². The van der Waals surface area contributed by atoms with Crippen LogP contribution in [0, 0.1) is 5.92 Å². The van der Waals surface area contributed by atoms with Crippen molar-refractivity contribution in [3.05, 3.63) is 0 Å². The molecule has 0 atom stereocenters. The molecule has 0 amide bonds. The highest BCUT2D eigenvalue weighted by Crippen LogP contribution is 2.08.